The maximum atomic E-state index is 12.6. The number of hydrogen-bond acceptors (Lipinski definition) is 3. The smallest absolute Gasteiger partial charge is 0.258 e. The number of carbonyl (C=O) groups excluding carboxylic acids is 1. The van der Waals surface area contributed by atoms with Gasteiger partial charge in [-0.25, -0.2) is 0 Å². The minimum absolute atomic E-state index is 0.0884. The molecule has 0 aliphatic heterocycles. The fraction of sp³-hybridized carbons (Fsp3) is 0.158. The van der Waals surface area contributed by atoms with Crippen LogP contribution in [0.4, 0.5) is 0 Å². The molecule has 0 N–H and O–H groups in total. The second-order valence-electron chi connectivity index (χ2n) is 5.18. The van der Waals surface area contributed by atoms with E-state index in [1.807, 2.05) is 12.1 Å². The summed E-state index contributed by atoms with van der Waals surface area (Å²) in [7, 11) is 3.12. The highest BCUT2D eigenvalue weighted by Gasteiger charge is 2.22. The molecule has 2 aromatic rings. The predicted octanol–water partition coefficient (Wildman–Crippen LogP) is 3.71. The average molecular weight is 344 g/mol. The molecule has 0 spiro atoms. The first-order chi connectivity index (χ1) is 11.5. The van der Waals surface area contributed by atoms with Crippen LogP contribution in [0.15, 0.2) is 42.2 Å². The van der Waals surface area contributed by atoms with E-state index in [1.54, 1.807) is 19.2 Å². The zero-order chi connectivity index (χ0) is 17.9. The first-order valence-electron chi connectivity index (χ1n) is 7.27. The van der Waals surface area contributed by atoms with Crippen molar-refractivity contribution in [2.45, 2.75) is 6.42 Å². The van der Waals surface area contributed by atoms with Crippen LogP contribution in [0.1, 0.15) is 16.8 Å². The van der Waals surface area contributed by atoms with E-state index >= 15 is 0 Å². The quantitative estimate of drug-likeness (QED) is 0.593. The lowest BCUT2D eigenvalue weighted by molar-refractivity contribution is -0.107. The minimum Gasteiger partial charge on any atom is -0.497 e. The fourth-order valence-electron chi connectivity index (χ4n) is 2.68. The summed E-state index contributed by atoms with van der Waals surface area (Å²) in [5.41, 5.74) is 2.76. The molecule has 1 aromatic heterocycles. The molecule has 4 nitrogen and oxygen atoms in total. The van der Waals surface area contributed by atoms with Gasteiger partial charge >= 0.3 is 0 Å². The number of aromatic nitrogens is 1. The lowest BCUT2D eigenvalue weighted by Crippen LogP contribution is -2.26. The first-order valence-corrected chi connectivity index (χ1v) is 7.65. The van der Waals surface area contributed by atoms with Gasteiger partial charge in [-0.1, -0.05) is 43.0 Å². The Balaban J connectivity index is 3.01. The van der Waals surface area contributed by atoms with Gasteiger partial charge in [0.05, 0.1) is 12.7 Å². The Morgan fingerprint density at radius 2 is 1.96 bits per heavy atom. The van der Waals surface area contributed by atoms with E-state index in [1.165, 1.54) is 17.8 Å². The molecular weight excluding hydrogens is 326 g/mol. The van der Waals surface area contributed by atoms with Crippen molar-refractivity contribution in [3.8, 4) is 11.1 Å². The number of ether oxygens (including phenoxy) is 1. The lowest BCUT2D eigenvalue weighted by atomic mass is 9.92. The number of nitrogens with zero attached hydrogens (tertiary/aromatic N) is 1. The van der Waals surface area contributed by atoms with Crippen LogP contribution in [-0.4, -0.2) is 18.0 Å². The van der Waals surface area contributed by atoms with Crippen molar-refractivity contribution in [2.24, 2.45) is 7.05 Å². The Morgan fingerprint density at radius 3 is 2.46 bits per heavy atom. The van der Waals surface area contributed by atoms with Gasteiger partial charge in [-0.2, -0.15) is 0 Å². The van der Waals surface area contributed by atoms with Crippen LogP contribution < -0.4 is 5.56 Å². The molecule has 1 heterocycles. The number of pyridine rings is 1. The molecule has 5 heteroatoms. The molecule has 0 saturated heterocycles. The number of aldehydes is 1. The molecule has 0 bridgehead atoms. The normalized spacial score (nSPS) is 10.3. The van der Waals surface area contributed by atoms with Crippen LogP contribution in [-0.2, 0) is 23.0 Å². The van der Waals surface area contributed by atoms with Crippen molar-refractivity contribution in [1.82, 2.24) is 4.57 Å². The molecule has 0 unspecified atom stereocenters. The predicted molar refractivity (Wildman–Crippen MR) is 98.0 cm³/mol. The molecule has 2 rings (SSSR count). The fourth-order valence-corrected chi connectivity index (χ4v) is 2.81. The Hall–Kier alpha value is -2.59. The summed E-state index contributed by atoms with van der Waals surface area (Å²) in [4.78, 5) is 23.8. The second-order valence-corrected chi connectivity index (χ2v) is 5.62. The summed E-state index contributed by atoms with van der Waals surface area (Å²) in [5, 5.41) is 0.594. The van der Waals surface area contributed by atoms with E-state index in [9.17, 15) is 9.59 Å². The van der Waals surface area contributed by atoms with E-state index in [-0.39, 0.29) is 12.0 Å². The van der Waals surface area contributed by atoms with Crippen LogP contribution in [0.3, 0.4) is 0 Å². The van der Waals surface area contributed by atoms with Crippen molar-refractivity contribution < 1.29 is 9.53 Å². The Kier molecular flexibility index (Phi) is 5.42. The van der Waals surface area contributed by atoms with Gasteiger partial charge in [-0.3, -0.25) is 4.79 Å². The third kappa shape index (κ3) is 3.05. The Bertz CT molecular complexity index is 864. The summed E-state index contributed by atoms with van der Waals surface area (Å²) in [6.45, 7) is 7.63. The minimum atomic E-state index is -0.257. The van der Waals surface area contributed by atoms with E-state index in [0.29, 0.717) is 33.2 Å². The average Bonchev–Trinajstić information content (AvgIpc) is 2.59. The van der Waals surface area contributed by atoms with Crippen molar-refractivity contribution in [2.75, 3.05) is 7.11 Å². The summed E-state index contributed by atoms with van der Waals surface area (Å²) < 4.78 is 6.75. The highest BCUT2D eigenvalue weighted by atomic mass is 35.5. The number of benzene rings is 1. The highest BCUT2D eigenvalue weighted by Crippen LogP contribution is 2.34. The molecule has 0 aliphatic rings. The summed E-state index contributed by atoms with van der Waals surface area (Å²) in [6.07, 6.45) is 2.33. The van der Waals surface area contributed by atoms with Gasteiger partial charge in [0.1, 0.15) is 12.0 Å². The van der Waals surface area contributed by atoms with Crippen LogP contribution in [0.25, 0.3) is 23.0 Å². The maximum Gasteiger partial charge on any atom is 0.258 e. The van der Waals surface area contributed by atoms with Gasteiger partial charge in [0.15, 0.2) is 0 Å². The van der Waals surface area contributed by atoms with Crippen molar-refractivity contribution >= 4 is 29.7 Å². The molecular formula is C19H18ClNO3. The zero-order valence-corrected chi connectivity index (χ0v) is 14.4. The highest BCUT2D eigenvalue weighted by molar-refractivity contribution is 6.30. The van der Waals surface area contributed by atoms with E-state index in [4.69, 9.17) is 16.3 Å². The van der Waals surface area contributed by atoms with Crippen LogP contribution >= 0.6 is 11.6 Å². The van der Waals surface area contributed by atoms with E-state index < -0.39 is 0 Å². The molecule has 124 valence electrons. The standard InChI is InChI=1S/C19H18ClNO3/c1-5-15-17(12(2)24-4)18(13-6-8-14(20)9-7-13)16(10-11-22)21(3)19(15)23/h5-9,11H,1-2,10H2,3-4H3. The van der Waals surface area contributed by atoms with Gasteiger partial charge in [0.2, 0.25) is 0 Å². The molecule has 0 fully saturated rings. The summed E-state index contributed by atoms with van der Waals surface area (Å²) in [5.74, 6) is 0.333. The monoisotopic (exact) mass is 343 g/mol. The molecule has 0 atom stereocenters. The van der Waals surface area contributed by atoms with Crippen molar-refractivity contribution in [3.05, 3.63) is 69.6 Å². The third-order valence-electron chi connectivity index (χ3n) is 3.89. The number of halogens is 1. The van der Waals surface area contributed by atoms with Crippen molar-refractivity contribution in [3.63, 3.8) is 0 Å². The van der Waals surface area contributed by atoms with Gasteiger partial charge in [0.25, 0.3) is 5.56 Å². The zero-order valence-electron chi connectivity index (χ0n) is 13.6. The number of hydrogen-bond donors (Lipinski definition) is 0. The van der Waals surface area contributed by atoms with Crippen LogP contribution in [0.5, 0.6) is 0 Å². The second kappa shape index (κ2) is 7.32. The Morgan fingerprint density at radius 1 is 1.33 bits per heavy atom. The van der Waals surface area contributed by atoms with Crippen LogP contribution in [0, 0.1) is 0 Å². The summed E-state index contributed by atoms with van der Waals surface area (Å²) >= 11 is 5.97. The lowest BCUT2D eigenvalue weighted by Gasteiger charge is -2.20. The Labute approximate surface area is 145 Å². The number of methoxy groups -OCH3 is 1. The largest absolute Gasteiger partial charge is 0.497 e. The first kappa shape index (κ1) is 17.8. The third-order valence-corrected chi connectivity index (χ3v) is 4.14. The molecule has 0 amide bonds. The van der Waals surface area contributed by atoms with Gasteiger partial charge < -0.3 is 14.1 Å². The topological polar surface area (TPSA) is 48.3 Å². The SMILES string of the molecule is C=Cc1c(C(=C)OC)c(-c2ccc(Cl)cc2)c(CC=O)n(C)c1=O. The molecule has 0 aliphatic carbocycles. The molecule has 24 heavy (non-hydrogen) atoms. The van der Waals surface area contributed by atoms with E-state index in [0.717, 1.165) is 11.8 Å². The van der Waals surface area contributed by atoms with Crippen molar-refractivity contribution in [1.29, 1.82) is 0 Å². The van der Waals surface area contributed by atoms with Gasteiger partial charge in [-0.05, 0) is 17.7 Å². The van der Waals surface area contributed by atoms with E-state index in [2.05, 4.69) is 13.2 Å². The molecule has 0 saturated carbocycles. The summed E-state index contributed by atoms with van der Waals surface area (Å²) in [6, 6.07) is 7.16. The maximum absolute atomic E-state index is 12.6. The number of carbonyl (C=O) groups is 1. The molecule has 0 radical (unpaired) electrons. The van der Waals surface area contributed by atoms with Crippen LogP contribution in [0.2, 0.25) is 5.02 Å². The molecule has 1 aromatic carbocycles. The number of rotatable bonds is 6. The van der Waals surface area contributed by atoms with Gasteiger partial charge in [0, 0.05) is 35.3 Å². The van der Waals surface area contributed by atoms with Gasteiger partial charge in [-0.15, -0.1) is 0 Å².